The number of nitrogens with one attached hydrogen (secondary N) is 2. The van der Waals surface area contributed by atoms with Crippen LogP contribution >= 0.6 is 0 Å². The van der Waals surface area contributed by atoms with Gasteiger partial charge in [-0.3, -0.25) is 9.59 Å². The van der Waals surface area contributed by atoms with Gasteiger partial charge in [0.1, 0.15) is 5.76 Å². The Morgan fingerprint density at radius 3 is 2.70 bits per heavy atom. The van der Waals surface area contributed by atoms with Crippen LogP contribution in [-0.2, 0) is 22.4 Å². The molecule has 0 atom stereocenters. The fourth-order valence-electron chi connectivity index (χ4n) is 3.47. The summed E-state index contributed by atoms with van der Waals surface area (Å²) in [6.07, 6.45) is 6.84. The van der Waals surface area contributed by atoms with Gasteiger partial charge in [-0.05, 0) is 53.6 Å². The van der Waals surface area contributed by atoms with E-state index in [0.717, 1.165) is 23.9 Å². The molecule has 5 nitrogen and oxygen atoms in total. The molecule has 0 saturated heterocycles. The third kappa shape index (κ3) is 3.77. The molecule has 1 aliphatic rings. The van der Waals surface area contributed by atoms with Crippen molar-refractivity contribution in [3.8, 4) is 0 Å². The number of furan rings is 1. The van der Waals surface area contributed by atoms with Crippen LogP contribution in [-0.4, -0.2) is 18.4 Å². The molecule has 0 radical (unpaired) electrons. The van der Waals surface area contributed by atoms with Crippen LogP contribution in [0.1, 0.15) is 23.3 Å². The summed E-state index contributed by atoms with van der Waals surface area (Å²) in [6, 6.07) is 13.8. The maximum absolute atomic E-state index is 12.3. The van der Waals surface area contributed by atoms with Crippen molar-refractivity contribution in [2.24, 2.45) is 0 Å². The molecule has 0 aliphatic heterocycles. The molecule has 0 saturated carbocycles. The minimum absolute atomic E-state index is 0.121. The van der Waals surface area contributed by atoms with Crippen LogP contribution in [0.4, 0.5) is 5.69 Å². The molecule has 1 aromatic heterocycles. The van der Waals surface area contributed by atoms with E-state index in [2.05, 4.69) is 22.8 Å². The van der Waals surface area contributed by atoms with Crippen LogP contribution in [0.2, 0.25) is 0 Å². The number of benzene rings is 2. The van der Waals surface area contributed by atoms with Gasteiger partial charge >= 0.3 is 0 Å². The van der Waals surface area contributed by atoms with Crippen molar-refractivity contribution in [1.82, 2.24) is 5.32 Å². The Morgan fingerprint density at radius 2 is 1.89 bits per heavy atom. The lowest BCUT2D eigenvalue weighted by atomic mass is 10.0. The van der Waals surface area contributed by atoms with Crippen molar-refractivity contribution in [2.75, 3.05) is 11.9 Å². The molecule has 27 heavy (non-hydrogen) atoms. The van der Waals surface area contributed by atoms with E-state index in [0.29, 0.717) is 5.76 Å². The van der Waals surface area contributed by atoms with Gasteiger partial charge in [0.2, 0.25) is 11.8 Å². The summed E-state index contributed by atoms with van der Waals surface area (Å²) in [5, 5.41) is 8.03. The highest BCUT2D eigenvalue weighted by atomic mass is 16.3. The molecule has 3 aromatic rings. The van der Waals surface area contributed by atoms with Crippen molar-refractivity contribution in [1.29, 1.82) is 0 Å². The Hall–Kier alpha value is -3.34. The monoisotopic (exact) mass is 360 g/mol. The molecular weight excluding hydrogens is 340 g/mol. The Morgan fingerprint density at radius 1 is 1.04 bits per heavy atom. The van der Waals surface area contributed by atoms with Gasteiger partial charge < -0.3 is 15.1 Å². The summed E-state index contributed by atoms with van der Waals surface area (Å²) < 4.78 is 5.12. The normalized spacial score (nSPS) is 12.6. The van der Waals surface area contributed by atoms with Gasteiger partial charge in [-0.25, -0.2) is 0 Å². The second-order valence-corrected chi connectivity index (χ2v) is 6.55. The smallest absolute Gasteiger partial charge is 0.244 e. The Balaban J connectivity index is 1.33. The van der Waals surface area contributed by atoms with Gasteiger partial charge in [-0.2, -0.15) is 0 Å². The molecule has 1 aliphatic carbocycles. The van der Waals surface area contributed by atoms with Gasteiger partial charge in [-0.1, -0.05) is 24.3 Å². The number of hydrogen-bond donors (Lipinski definition) is 2. The summed E-state index contributed by atoms with van der Waals surface area (Å²) >= 11 is 0. The first-order valence-corrected chi connectivity index (χ1v) is 9.03. The summed E-state index contributed by atoms with van der Waals surface area (Å²) in [5.41, 5.74) is 3.51. The zero-order chi connectivity index (χ0) is 18.6. The predicted octanol–water partition coefficient (Wildman–Crippen LogP) is 3.69. The van der Waals surface area contributed by atoms with Crippen molar-refractivity contribution in [3.63, 3.8) is 0 Å². The number of amides is 2. The van der Waals surface area contributed by atoms with Crippen LogP contribution in [0.5, 0.6) is 0 Å². The fraction of sp³-hybridized carbons (Fsp3) is 0.182. The summed E-state index contributed by atoms with van der Waals surface area (Å²) in [4.78, 5) is 24.0. The SMILES string of the molecule is O=C(/C=C\c1ccco1)NCCC(=O)Nc1ccc2c3c(cccc13)CC2. The molecule has 5 heteroatoms. The van der Waals surface area contributed by atoms with Gasteiger partial charge in [0.15, 0.2) is 0 Å². The minimum Gasteiger partial charge on any atom is -0.465 e. The first kappa shape index (κ1) is 17.1. The van der Waals surface area contributed by atoms with E-state index in [1.807, 2.05) is 18.2 Å². The molecule has 0 fully saturated rings. The van der Waals surface area contributed by atoms with Crippen LogP contribution in [0.3, 0.4) is 0 Å². The third-order valence-corrected chi connectivity index (χ3v) is 4.74. The highest BCUT2D eigenvalue weighted by molar-refractivity contribution is 6.05. The molecule has 0 unspecified atom stereocenters. The lowest BCUT2D eigenvalue weighted by Gasteiger charge is -2.10. The van der Waals surface area contributed by atoms with Crippen LogP contribution in [0, 0.1) is 0 Å². The lowest BCUT2D eigenvalue weighted by Crippen LogP contribution is -2.26. The molecule has 2 aromatic carbocycles. The number of anilines is 1. The molecule has 136 valence electrons. The van der Waals surface area contributed by atoms with E-state index in [1.165, 1.54) is 22.6 Å². The maximum atomic E-state index is 12.3. The summed E-state index contributed by atoms with van der Waals surface area (Å²) in [5.74, 6) is 0.225. The van der Waals surface area contributed by atoms with Crippen LogP contribution < -0.4 is 10.6 Å². The van der Waals surface area contributed by atoms with E-state index < -0.39 is 0 Å². The Bertz CT molecular complexity index is 1010. The molecular formula is C22H20N2O3. The second kappa shape index (κ2) is 7.50. The van der Waals surface area contributed by atoms with E-state index in [4.69, 9.17) is 4.42 Å². The minimum atomic E-state index is -0.260. The van der Waals surface area contributed by atoms with Gasteiger partial charge in [-0.15, -0.1) is 0 Å². The average Bonchev–Trinajstić information content (AvgIpc) is 3.33. The fourth-order valence-corrected chi connectivity index (χ4v) is 3.47. The van der Waals surface area contributed by atoms with Crippen molar-refractivity contribution < 1.29 is 14.0 Å². The highest BCUT2D eigenvalue weighted by Crippen LogP contribution is 2.34. The van der Waals surface area contributed by atoms with E-state index in [-0.39, 0.29) is 24.8 Å². The molecule has 0 bridgehead atoms. The molecule has 2 amide bonds. The number of aryl methyl sites for hydroxylation is 2. The average molecular weight is 360 g/mol. The van der Waals surface area contributed by atoms with E-state index >= 15 is 0 Å². The first-order chi connectivity index (χ1) is 13.2. The zero-order valence-corrected chi connectivity index (χ0v) is 14.8. The molecule has 4 rings (SSSR count). The largest absolute Gasteiger partial charge is 0.465 e. The topological polar surface area (TPSA) is 71.3 Å². The van der Waals surface area contributed by atoms with Crippen LogP contribution in [0.15, 0.2) is 59.2 Å². The number of rotatable bonds is 6. The standard InChI is InChI=1S/C22H20N2O3/c25-20(11-9-17-4-2-14-27-17)23-13-12-21(26)24-19-10-8-16-7-6-15-3-1-5-18(19)22(15)16/h1-5,8-11,14H,6-7,12-13H2,(H,23,25)(H,24,26)/b11-9-. The van der Waals surface area contributed by atoms with E-state index in [1.54, 1.807) is 24.5 Å². The van der Waals surface area contributed by atoms with Crippen molar-refractivity contribution in [2.45, 2.75) is 19.3 Å². The number of hydrogen-bond acceptors (Lipinski definition) is 3. The Labute approximate surface area is 157 Å². The zero-order valence-electron chi connectivity index (χ0n) is 14.8. The van der Waals surface area contributed by atoms with Gasteiger partial charge in [0.05, 0.1) is 6.26 Å². The summed E-state index contributed by atoms with van der Waals surface area (Å²) in [6.45, 7) is 0.272. The van der Waals surface area contributed by atoms with Crippen LogP contribution in [0.25, 0.3) is 16.8 Å². The second-order valence-electron chi connectivity index (χ2n) is 6.55. The Kier molecular flexibility index (Phi) is 4.75. The highest BCUT2D eigenvalue weighted by Gasteiger charge is 2.16. The first-order valence-electron chi connectivity index (χ1n) is 9.03. The lowest BCUT2D eigenvalue weighted by molar-refractivity contribution is -0.117. The third-order valence-electron chi connectivity index (χ3n) is 4.74. The predicted molar refractivity (Wildman–Crippen MR) is 105 cm³/mol. The molecule has 1 heterocycles. The summed E-state index contributed by atoms with van der Waals surface area (Å²) in [7, 11) is 0. The van der Waals surface area contributed by atoms with Crippen molar-refractivity contribution >= 4 is 34.4 Å². The van der Waals surface area contributed by atoms with Gasteiger partial charge in [0, 0.05) is 30.1 Å². The van der Waals surface area contributed by atoms with Gasteiger partial charge in [0.25, 0.3) is 0 Å². The number of carbonyl (C=O) groups is 2. The van der Waals surface area contributed by atoms with E-state index in [9.17, 15) is 9.59 Å². The maximum Gasteiger partial charge on any atom is 0.244 e. The quantitative estimate of drug-likeness (QED) is 0.659. The number of carbonyl (C=O) groups excluding carboxylic acids is 2. The molecule has 0 spiro atoms. The molecule has 2 N–H and O–H groups in total. The van der Waals surface area contributed by atoms with Crippen molar-refractivity contribution in [3.05, 3.63) is 71.7 Å².